The van der Waals surface area contributed by atoms with Crippen LogP contribution < -0.4 is 0 Å². The third-order valence-electron chi connectivity index (χ3n) is 2.88. The maximum absolute atomic E-state index is 10.6. The van der Waals surface area contributed by atoms with Gasteiger partial charge in [0, 0.05) is 11.0 Å². The van der Waals surface area contributed by atoms with Crippen LogP contribution in [0.4, 0.5) is 0 Å². The highest BCUT2D eigenvalue weighted by Gasteiger charge is 2.22. The molecule has 1 N–H and O–H groups in total. The molecule has 0 aromatic carbocycles. The Morgan fingerprint density at radius 2 is 2.53 bits per heavy atom. The van der Waals surface area contributed by atoms with Gasteiger partial charge in [0.2, 0.25) is 0 Å². The molecule has 1 saturated carbocycles. The highest BCUT2D eigenvalue weighted by atomic mass is 32.1. The number of carbonyl (C=O) groups is 1. The summed E-state index contributed by atoms with van der Waals surface area (Å²) in [6, 6.07) is 4.18. The molecule has 0 spiro atoms. The van der Waals surface area contributed by atoms with Crippen molar-refractivity contribution in [3.05, 3.63) is 34.0 Å². The Balaban J connectivity index is 2.05. The van der Waals surface area contributed by atoms with E-state index in [1.807, 2.05) is 0 Å². The Kier molecular flexibility index (Phi) is 3.21. The van der Waals surface area contributed by atoms with Gasteiger partial charge in [-0.3, -0.25) is 0 Å². The number of carboxylic acids is 1. The van der Waals surface area contributed by atoms with Crippen LogP contribution in [0.15, 0.2) is 29.2 Å². The summed E-state index contributed by atoms with van der Waals surface area (Å²) in [5, 5.41) is 10.8. The summed E-state index contributed by atoms with van der Waals surface area (Å²) in [4.78, 5) is 12.0. The Labute approximate surface area is 93.3 Å². The van der Waals surface area contributed by atoms with E-state index in [-0.39, 0.29) is 0 Å². The van der Waals surface area contributed by atoms with Crippen LogP contribution in [0.5, 0.6) is 0 Å². The highest BCUT2D eigenvalue weighted by molar-refractivity contribution is 7.09. The maximum atomic E-state index is 10.6. The summed E-state index contributed by atoms with van der Waals surface area (Å²) < 4.78 is 0. The molecule has 0 amide bonds. The SMILES string of the molecule is O=C(O)/C=C1\CCCC1Cc1cccs1. The van der Waals surface area contributed by atoms with Crippen LogP contribution in [0.3, 0.4) is 0 Å². The van der Waals surface area contributed by atoms with E-state index in [0.29, 0.717) is 5.92 Å². The smallest absolute Gasteiger partial charge is 0.328 e. The lowest BCUT2D eigenvalue weighted by atomic mass is 9.98. The quantitative estimate of drug-likeness (QED) is 0.798. The summed E-state index contributed by atoms with van der Waals surface area (Å²) in [5.41, 5.74) is 1.12. The van der Waals surface area contributed by atoms with Gasteiger partial charge in [0.1, 0.15) is 0 Å². The fourth-order valence-corrected chi connectivity index (χ4v) is 2.98. The van der Waals surface area contributed by atoms with Crippen LogP contribution in [0.1, 0.15) is 24.1 Å². The Morgan fingerprint density at radius 3 is 3.20 bits per heavy atom. The number of aliphatic carboxylic acids is 1. The molecule has 1 heterocycles. The van der Waals surface area contributed by atoms with E-state index >= 15 is 0 Å². The van der Waals surface area contributed by atoms with E-state index in [1.54, 1.807) is 11.3 Å². The lowest BCUT2D eigenvalue weighted by Gasteiger charge is -2.09. The van der Waals surface area contributed by atoms with Crippen molar-refractivity contribution in [3.8, 4) is 0 Å². The third kappa shape index (κ3) is 2.69. The van der Waals surface area contributed by atoms with Crippen LogP contribution in [0, 0.1) is 5.92 Å². The Bertz CT molecular complexity index is 365. The fraction of sp³-hybridized carbons (Fsp3) is 0.417. The summed E-state index contributed by atoms with van der Waals surface area (Å²) in [6.45, 7) is 0. The lowest BCUT2D eigenvalue weighted by Crippen LogP contribution is -2.02. The van der Waals surface area contributed by atoms with Gasteiger partial charge in [0.25, 0.3) is 0 Å². The van der Waals surface area contributed by atoms with Gasteiger partial charge in [-0.05, 0) is 43.0 Å². The number of carboxylic acid groups (broad SMARTS) is 1. The van der Waals surface area contributed by atoms with Crippen molar-refractivity contribution in [2.45, 2.75) is 25.7 Å². The second kappa shape index (κ2) is 4.62. The minimum absolute atomic E-state index is 0.458. The average molecular weight is 222 g/mol. The second-order valence-corrected chi connectivity index (χ2v) is 4.96. The van der Waals surface area contributed by atoms with Crippen molar-refractivity contribution in [1.29, 1.82) is 0 Å². The van der Waals surface area contributed by atoms with E-state index in [4.69, 9.17) is 5.11 Å². The minimum atomic E-state index is -0.803. The highest BCUT2D eigenvalue weighted by Crippen LogP contribution is 2.34. The number of thiophene rings is 1. The number of hydrogen-bond donors (Lipinski definition) is 1. The molecule has 0 aliphatic heterocycles. The molecule has 80 valence electrons. The first-order valence-electron chi connectivity index (χ1n) is 5.21. The molecule has 1 unspecified atom stereocenters. The van der Waals surface area contributed by atoms with Gasteiger partial charge in [0.15, 0.2) is 0 Å². The molecule has 3 heteroatoms. The van der Waals surface area contributed by atoms with Crippen LogP contribution in [0.25, 0.3) is 0 Å². The average Bonchev–Trinajstić information content (AvgIpc) is 2.78. The minimum Gasteiger partial charge on any atom is -0.478 e. The zero-order chi connectivity index (χ0) is 10.7. The maximum Gasteiger partial charge on any atom is 0.328 e. The zero-order valence-corrected chi connectivity index (χ0v) is 9.30. The molecule has 1 atom stereocenters. The Hall–Kier alpha value is -1.09. The molecule has 2 nitrogen and oxygen atoms in total. The van der Waals surface area contributed by atoms with E-state index < -0.39 is 5.97 Å². The standard InChI is InChI=1S/C12H14O2S/c13-12(14)8-10-4-1-3-9(10)7-11-5-2-6-15-11/h2,5-6,8-9H,1,3-4,7H2,(H,13,14)/b10-8+. The summed E-state index contributed by atoms with van der Waals surface area (Å²) >= 11 is 1.76. The zero-order valence-electron chi connectivity index (χ0n) is 8.48. The third-order valence-corrected chi connectivity index (χ3v) is 3.78. The van der Waals surface area contributed by atoms with Crippen LogP contribution in [-0.2, 0) is 11.2 Å². The predicted octanol–water partition coefficient (Wildman–Crippen LogP) is 3.10. The van der Waals surface area contributed by atoms with E-state index in [0.717, 1.165) is 31.3 Å². The van der Waals surface area contributed by atoms with Gasteiger partial charge in [-0.25, -0.2) is 4.79 Å². The fourth-order valence-electron chi connectivity index (χ4n) is 2.20. The first-order valence-corrected chi connectivity index (χ1v) is 6.09. The van der Waals surface area contributed by atoms with Crippen molar-refractivity contribution < 1.29 is 9.90 Å². The topological polar surface area (TPSA) is 37.3 Å². The van der Waals surface area contributed by atoms with Crippen molar-refractivity contribution in [3.63, 3.8) is 0 Å². The summed E-state index contributed by atoms with van der Waals surface area (Å²) in [5.74, 6) is -0.345. The van der Waals surface area contributed by atoms with E-state index in [9.17, 15) is 4.79 Å². The second-order valence-electron chi connectivity index (χ2n) is 3.93. The van der Waals surface area contributed by atoms with Crippen LogP contribution in [0.2, 0.25) is 0 Å². The van der Waals surface area contributed by atoms with Gasteiger partial charge in [-0.2, -0.15) is 0 Å². The molecule has 0 saturated heterocycles. The molecule has 1 aliphatic carbocycles. The van der Waals surface area contributed by atoms with Crippen molar-refractivity contribution >= 4 is 17.3 Å². The van der Waals surface area contributed by atoms with Gasteiger partial charge >= 0.3 is 5.97 Å². The molecular formula is C12H14O2S. The van der Waals surface area contributed by atoms with E-state index in [2.05, 4.69) is 17.5 Å². The summed E-state index contributed by atoms with van der Waals surface area (Å²) in [7, 11) is 0. The normalized spacial score (nSPS) is 23.5. The predicted molar refractivity (Wildman–Crippen MR) is 61.1 cm³/mol. The van der Waals surface area contributed by atoms with Gasteiger partial charge in [-0.1, -0.05) is 11.6 Å². The number of hydrogen-bond acceptors (Lipinski definition) is 2. The lowest BCUT2D eigenvalue weighted by molar-refractivity contribution is -0.131. The molecule has 1 aliphatic rings. The van der Waals surface area contributed by atoms with Crippen LogP contribution >= 0.6 is 11.3 Å². The molecule has 15 heavy (non-hydrogen) atoms. The first kappa shape index (κ1) is 10.4. The van der Waals surface area contributed by atoms with Crippen molar-refractivity contribution in [1.82, 2.24) is 0 Å². The van der Waals surface area contributed by atoms with Gasteiger partial charge in [-0.15, -0.1) is 11.3 Å². The van der Waals surface area contributed by atoms with Gasteiger partial charge < -0.3 is 5.11 Å². The monoisotopic (exact) mass is 222 g/mol. The van der Waals surface area contributed by atoms with Crippen LogP contribution in [-0.4, -0.2) is 11.1 Å². The largest absolute Gasteiger partial charge is 0.478 e. The molecule has 0 bridgehead atoms. The first-order chi connectivity index (χ1) is 7.25. The van der Waals surface area contributed by atoms with E-state index in [1.165, 1.54) is 11.0 Å². The molecule has 1 aromatic rings. The van der Waals surface area contributed by atoms with Crippen molar-refractivity contribution in [2.24, 2.45) is 5.92 Å². The Morgan fingerprint density at radius 1 is 1.67 bits per heavy atom. The molecule has 1 aromatic heterocycles. The van der Waals surface area contributed by atoms with Crippen molar-refractivity contribution in [2.75, 3.05) is 0 Å². The summed E-state index contributed by atoms with van der Waals surface area (Å²) in [6.07, 6.45) is 5.65. The number of rotatable bonds is 3. The molecule has 2 rings (SSSR count). The molecule has 0 radical (unpaired) electrons. The van der Waals surface area contributed by atoms with Gasteiger partial charge in [0.05, 0.1) is 0 Å². The molecule has 1 fully saturated rings. The number of allylic oxidation sites excluding steroid dienone is 1. The molecular weight excluding hydrogens is 208 g/mol.